The number of para-hydroxylation sites is 1. The lowest BCUT2D eigenvalue weighted by molar-refractivity contribution is -0.143. The number of aromatic nitrogens is 1. The molecule has 5 rings (SSSR count). The molecule has 1 amide bonds. The molecule has 0 bridgehead atoms. The molecule has 1 unspecified atom stereocenters. The fraction of sp³-hybridized carbons (Fsp3) is 0.259. The highest BCUT2D eigenvalue weighted by Gasteiger charge is 2.36. The van der Waals surface area contributed by atoms with Gasteiger partial charge in [-0.05, 0) is 44.5 Å². The summed E-state index contributed by atoms with van der Waals surface area (Å²) < 4.78 is 12.6. The van der Waals surface area contributed by atoms with Crippen LogP contribution in [0.2, 0.25) is 0 Å². The number of allylic oxidation sites excluding steroid dienone is 1. The highest BCUT2D eigenvalue weighted by atomic mass is 32.1. The third-order valence-corrected chi connectivity index (χ3v) is 7.33. The third-order valence-electron chi connectivity index (χ3n) is 6.27. The second-order valence-corrected chi connectivity index (χ2v) is 9.86. The maximum Gasteiger partial charge on any atom is 0.338 e. The number of thiazole rings is 1. The Morgan fingerprint density at radius 1 is 1.08 bits per heavy atom. The fourth-order valence-corrected chi connectivity index (χ4v) is 5.74. The normalized spacial score (nSPS) is 18.2. The van der Waals surface area contributed by atoms with E-state index in [0.29, 0.717) is 37.5 Å². The van der Waals surface area contributed by atoms with Gasteiger partial charge in [0.25, 0.3) is 11.5 Å². The standard InChI is InChI=1S/C27H25N3O5S/c1-14(2)35-26(33)20-15(3)28-27-30(22(20)16-10-12-17(34-5)13-11-16)25(32)23(36-27)21-18-8-6-7-9-19(18)29(4)24(21)31/h6-14,22H,1-5H3/b23-21+. The molecule has 3 heterocycles. The number of esters is 1. The molecular weight excluding hydrogens is 478 g/mol. The van der Waals surface area contributed by atoms with E-state index in [1.807, 2.05) is 36.4 Å². The van der Waals surface area contributed by atoms with Gasteiger partial charge >= 0.3 is 5.97 Å². The number of hydrogen-bond donors (Lipinski definition) is 0. The molecule has 1 atom stereocenters. The summed E-state index contributed by atoms with van der Waals surface area (Å²) >= 11 is 1.15. The van der Waals surface area contributed by atoms with Gasteiger partial charge in [-0.1, -0.05) is 41.7 Å². The highest BCUT2D eigenvalue weighted by Crippen LogP contribution is 2.35. The molecule has 9 heteroatoms. The molecule has 0 radical (unpaired) electrons. The number of fused-ring (bicyclic) bond motifs is 2. The van der Waals surface area contributed by atoms with Crippen molar-refractivity contribution in [3.8, 4) is 5.75 Å². The Hall–Kier alpha value is -3.98. The lowest BCUT2D eigenvalue weighted by Gasteiger charge is -2.25. The maximum absolute atomic E-state index is 14.0. The van der Waals surface area contributed by atoms with Crippen LogP contribution in [0.4, 0.5) is 5.69 Å². The van der Waals surface area contributed by atoms with E-state index in [0.717, 1.165) is 17.0 Å². The van der Waals surface area contributed by atoms with Crippen LogP contribution in [0.3, 0.4) is 0 Å². The summed E-state index contributed by atoms with van der Waals surface area (Å²) in [7, 11) is 3.26. The number of carbonyl (C=O) groups excluding carboxylic acids is 2. The van der Waals surface area contributed by atoms with Gasteiger partial charge < -0.3 is 14.4 Å². The van der Waals surface area contributed by atoms with Gasteiger partial charge in [0, 0.05) is 12.6 Å². The number of ether oxygens (including phenoxy) is 2. The first-order chi connectivity index (χ1) is 17.2. The van der Waals surface area contributed by atoms with Gasteiger partial charge in [0.1, 0.15) is 10.3 Å². The number of carbonyl (C=O) groups is 2. The number of benzene rings is 2. The maximum atomic E-state index is 14.0. The minimum Gasteiger partial charge on any atom is -0.497 e. The summed E-state index contributed by atoms with van der Waals surface area (Å²) in [5.74, 6) is -0.138. The quantitative estimate of drug-likeness (QED) is 0.511. The molecule has 2 aliphatic rings. The van der Waals surface area contributed by atoms with Crippen molar-refractivity contribution in [3.05, 3.63) is 90.6 Å². The van der Waals surface area contributed by atoms with Gasteiger partial charge in [0.15, 0.2) is 4.80 Å². The zero-order valence-corrected chi connectivity index (χ0v) is 21.4. The number of nitrogens with zero attached hydrogens (tertiary/aromatic N) is 3. The van der Waals surface area contributed by atoms with Crippen LogP contribution in [-0.2, 0) is 14.3 Å². The Labute approximate surface area is 211 Å². The highest BCUT2D eigenvalue weighted by molar-refractivity contribution is 7.07. The average Bonchev–Trinajstić information content (AvgIpc) is 3.30. The van der Waals surface area contributed by atoms with Crippen molar-refractivity contribution in [2.75, 3.05) is 19.1 Å². The average molecular weight is 504 g/mol. The Kier molecular flexibility index (Phi) is 5.88. The Morgan fingerprint density at radius 2 is 1.78 bits per heavy atom. The molecule has 1 aromatic heterocycles. The minimum atomic E-state index is -0.766. The van der Waals surface area contributed by atoms with Crippen molar-refractivity contribution >= 4 is 34.5 Å². The van der Waals surface area contributed by atoms with Gasteiger partial charge in [-0.15, -0.1) is 0 Å². The van der Waals surface area contributed by atoms with Crippen molar-refractivity contribution in [2.45, 2.75) is 32.9 Å². The van der Waals surface area contributed by atoms with Gasteiger partial charge in [-0.2, -0.15) is 0 Å². The molecule has 0 saturated carbocycles. The first kappa shape index (κ1) is 23.7. The van der Waals surface area contributed by atoms with E-state index in [1.54, 1.807) is 52.0 Å². The molecule has 184 valence electrons. The predicted octanol–water partition coefficient (Wildman–Crippen LogP) is 2.54. The van der Waals surface area contributed by atoms with Crippen LogP contribution in [0.5, 0.6) is 5.75 Å². The van der Waals surface area contributed by atoms with Crippen molar-refractivity contribution in [2.24, 2.45) is 4.99 Å². The molecule has 2 aliphatic heterocycles. The molecular formula is C27H25N3O5S. The smallest absolute Gasteiger partial charge is 0.338 e. The van der Waals surface area contributed by atoms with Gasteiger partial charge in [-0.25, -0.2) is 9.79 Å². The lowest BCUT2D eigenvalue weighted by Crippen LogP contribution is -2.41. The molecule has 8 nitrogen and oxygen atoms in total. The first-order valence-corrected chi connectivity index (χ1v) is 12.3. The summed E-state index contributed by atoms with van der Waals surface area (Å²) in [5.41, 5.74) is 2.86. The molecule has 2 aromatic carbocycles. The SMILES string of the molecule is COc1ccc(C2C(C(=O)OC(C)C)=C(C)N=c3s/c(=C4/C(=O)N(C)c5ccccc54)c(=O)n32)cc1. The summed E-state index contributed by atoms with van der Waals surface area (Å²) in [6.45, 7) is 5.28. The lowest BCUT2D eigenvalue weighted by atomic mass is 9.95. The zero-order valence-electron chi connectivity index (χ0n) is 20.6. The van der Waals surface area contributed by atoms with Gasteiger partial charge in [-0.3, -0.25) is 14.2 Å². The Balaban J connectivity index is 1.80. The van der Waals surface area contributed by atoms with E-state index in [4.69, 9.17) is 9.47 Å². The van der Waals surface area contributed by atoms with E-state index in [2.05, 4.69) is 4.99 Å². The van der Waals surface area contributed by atoms with Gasteiger partial charge in [0.2, 0.25) is 0 Å². The number of methoxy groups -OCH3 is 1. The van der Waals surface area contributed by atoms with Crippen molar-refractivity contribution < 1.29 is 19.1 Å². The van der Waals surface area contributed by atoms with E-state index in [-0.39, 0.29) is 23.1 Å². The topological polar surface area (TPSA) is 90.2 Å². The molecule has 36 heavy (non-hydrogen) atoms. The van der Waals surface area contributed by atoms with Crippen LogP contribution in [0.25, 0.3) is 5.57 Å². The van der Waals surface area contributed by atoms with E-state index < -0.39 is 12.0 Å². The fourth-order valence-electron chi connectivity index (χ4n) is 4.60. The number of hydrogen-bond acceptors (Lipinski definition) is 7. The first-order valence-electron chi connectivity index (χ1n) is 11.5. The minimum absolute atomic E-state index is 0.252. The molecule has 0 fully saturated rings. The number of amides is 1. The van der Waals surface area contributed by atoms with E-state index in [1.165, 1.54) is 4.57 Å². The molecule has 0 saturated heterocycles. The summed E-state index contributed by atoms with van der Waals surface area (Å²) in [6.07, 6.45) is -0.343. The second kappa shape index (κ2) is 8.91. The summed E-state index contributed by atoms with van der Waals surface area (Å²) in [4.78, 5) is 47.0. The number of rotatable bonds is 4. The largest absolute Gasteiger partial charge is 0.497 e. The van der Waals surface area contributed by atoms with Gasteiger partial charge in [0.05, 0.1) is 41.8 Å². The predicted molar refractivity (Wildman–Crippen MR) is 137 cm³/mol. The number of anilines is 1. The van der Waals surface area contributed by atoms with Crippen LogP contribution in [0, 0.1) is 0 Å². The Morgan fingerprint density at radius 3 is 2.44 bits per heavy atom. The summed E-state index contributed by atoms with van der Waals surface area (Å²) in [6, 6.07) is 13.8. The van der Waals surface area contributed by atoms with Crippen LogP contribution in [0.15, 0.2) is 69.6 Å². The van der Waals surface area contributed by atoms with Crippen molar-refractivity contribution in [1.29, 1.82) is 0 Å². The molecule has 0 aliphatic carbocycles. The second-order valence-electron chi connectivity index (χ2n) is 8.89. The van der Waals surface area contributed by atoms with Crippen LogP contribution in [-0.4, -0.2) is 36.7 Å². The third kappa shape index (κ3) is 3.67. The summed E-state index contributed by atoms with van der Waals surface area (Å²) in [5, 5.41) is 0. The van der Waals surface area contributed by atoms with E-state index in [9.17, 15) is 14.4 Å². The molecule has 3 aromatic rings. The van der Waals surface area contributed by atoms with E-state index >= 15 is 0 Å². The van der Waals surface area contributed by atoms with Crippen LogP contribution >= 0.6 is 11.3 Å². The van der Waals surface area contributed by atoms with Crippen LogP contribution < -0.4 is 24.5 Å². The van der Waals surface area contributed by atoms with Crippen LogP contribution in [0.1, 0.15) is 37.9 Å². The molecule has 0 N–H and O–H groups in total. The molecule has 0 spiro atoms. The number of likely N-dealkylation sites (N-methyl/N-ethyl adjacent to an activating group) is 1. The van der Waals surface area contributed by atoms with Crippen molar-refractivity contribution in [1.82, 2.24) is 4.57 Å². The Bertz CT molecular complexity index is 1610. The monoisotopic (exact) mass is 503 g/mol. The van der Waals surface area contributed by atoms with Crippen molar-refractivity contribution in [3.63, 3.8) is 0 Å². The zero-order chi connectivity index (χ0) is 25.7.